The number of rotatable bonds is 5. The summed E-state index contributed by atoms with van der Waals surface area (Å²) in [6, 6.07) is 7.48. The first-order valence-corrected chi connectivity index (χ1v) is 7.63. The average Bonchev–Trinajstić information content (AvgIpc) is 2.52. The first kappa shape index (κ1) is 15.6. The van der Waals surface area contributed by atoms with Crippen LogP contribution in [0.25, 0.3) is 6.08 Å². The topological polar surface area (TPSA) is 55.6 Å². The molecule has 2 rings (SSSR count). The number of anilines is 1. The van der Waals surface area contributed by atoms with Gasteiger partial charge < -0.3 is 15.4 Å². The molecular weight excluding hydrogens is 264 g/mol. The van der Waals surface area contributed by atoms with E-state index in [9.17, 15) is 4.79 Å². The first-order valence-electron chi connectivity index (χ1n) is 7.63. The van der Waals surface area contributed by atoms with Gasteiger partial charge in [0.2, 0.25) is 5.91 Å². The van der Waals surface area contributed by atoms with E-state index in [-0.39, 0.29) is 12.0 Å². The van der Waals surface area contributed by atoms with Gasteiger partial charge in [-0.15, -0.1) is 0 Å². The van der Waals surface area contributed by atoms with Gasteiger partial charge in [0.05, 0.1) is 6.10 Å². The Kier molecular flexibility index (Phi) is 5.81. The van der Waals surface area contributed by atoms with Gasteiger partial charge in [0.15, 0.2) is 0 Å². The number of nitrogens with two attached hydrogens (primary N) is 1. The van der Waals surface area contributed by atoms with Crippen LogP contribution in [0.4, 0.5) is 5.69 Å². The van der Waals surface area contributed by atoms with Crippen molar-refractivity contribution in [2.45, 2.75) is 32.3 Å². The third-order valence-electron chi connectivity index (χ3n) is 3.60. The van der Waals surface area contributed by atoms with Gasteiger partial charge in [-0.1, -0.05) is 19.1 Å². The van der Waals surface area contributed by atoms with Crippen LogP contribution >= 0.6 is 0 Å². The molecule has 0 aromatic heterocycles. The number of hydrogen-bond acceptors (Lipinski definition) is 3. The Morgan fingerprint density at radius 1 is 1.43 bits per heavy atom. The van der Waals surface area contributed by atoms with Gasteiger partial charge in [0, 0.05) is 31.5 Å². The zero-order valence-electron chi connectivity index (χ0n) is 12.6. The van der Waals surface area contributed by atoms with E-state index in [0.29, 0.717) is 6.54 Å². The van der Waals surface area contributed by atoms with Crippen molar-refractivity contribution < 1.29 is 9.53 Å². The van der Waals surface area contributed by atoms with Crippen LogP contribution in [0.3, 0.4) is 0 Å². The summed E-state index contributed by atoms with van der Waals surface area (Å²) in [4.78, 5) is 14.1. The quantitative estimate of drug-likeness (QED) is 0.669. The third-order valence-corrected chi connectivity index (χ3v) is 3.60. The third kappa shape index (κ3) is 4.90. The maximum Gasteiger partial charge on any atom is 0.246 e. The minimum atomic E-state index is 0.0524. The van der Waals surface area contributed by atoms with Crippen LogP contribution in [0.15, 0.2) is 30.3 Å². The maximum absolute atomic E-state index is 12.2. The van der Waals surface area contributed by atoms with E-state index < -0.39 is 0 Å². The SMILES string of the molecule is CCCOC1CCCN(C(=O)/C=C/c2ccc(N)cc2)C1. The molecule has 1 atom stereocenters. The van der Waals surface area contributed by atoms with Crippen molar-refractivity contribution in [3.05, 3.63) is 35.9 Å². The van der Waals surface area contributed by atoms with E-state index >= 15 is 0 Å². The van der Waals surface area contributed by atoms with Crippen LogP contribution in [-0.4, -0.2) is 36.6 Å². The second kappa shape index (κ2) is 7.84. The summed E-state index contributed by atoms with van der Waals surface area (Å²) >= 11 is 0. The Balaban J connectivity index is 1.88. The molecule has 0 aliphatic carbocycles. The van der Waals surface area contributed by atoms with E-state index in [0.717, 1.165) is 43.7 Å². The van der Waals surface area contributed by atoms with Crippen LogP contribution in [0.5, 0.6) is 0 Å². The van der Waals surface area contributed by atoms with Gasteiger partial charge in [-0.05, 0) is 43.0 Å². The smallest absolute Gasteiger partial charge is 0.246 e. The Morgan fingerprint density at radius 2 is 2.19 bits per heavy atom. The van der Waals surface area contributed by atoms with Crippen molar-refractivity contribution in [3.63, 3.8) is 0 Å². The summed E-state index contributed by atoms with van der Waals surface area (Å²) < 4.78 is 5.76. The lowest BCUT2D eigenvalue weighted by Gasteiger charge is -2.32. The Morgan fingerprint density at radius 3 is 2.90 bits per heavy atom. The van der Waals surface area contributed by atoms with E-state index in [1.54, 1.807) is 6.08 Å². The number of nitrogen functional groups attached to an aromatic ring is 1. The lowest BCUT2D eigenvalue weighted by molar-refractivity contribution is -0.130. The standard InChI is InChI=1S/C17H24N2O2/c1-2-12-21-16-4-3-11-19(13-16)17(20)10-7-14-5-8-15(18)9-6-14/h5-10,16H,2-4,11-13,18H2,1H3/b10-7+. The van der Waals surface area contributed by atoms with Crippen molar-refractivity contribution in [2.24, 2.45) is 0 Å². The molecule has 21 heavy (non-hydrogen) atoms. The molecule has 4 nitrogen and oxygen atoms in total. The Bertz CT molecular complexity index is 482. The average molecular weight is 288 g/mol. The van der Waals surface area contributed by atoms with E-state index in [1.807, 2.05) is 35.2 Å². The first-order chi connectivity index (χ1) is 10.2. The van der Waals surface area contributed by atoms with E-state index in [4.69, 9.17) is 10.5 Å². The zero-order chi connectivity index (χ0) is 15.1. The van der Waals surface area contributed by atoms with Crippen LogP contribution in [0.1, 0.15) is 31.7 Å². The van der Waals surface area contributed by atoms with Gasteiger partial charge in [-0.25, -0.2) is 0 Å². The lowest BCUT2D eigenvalue weighted by Crippen LogP contribution is -2.42. The van der Waals surface area contributed by atoms with Crippen molar-refractivity contribution >= 4 is 17.7 Å². The highest BCUT2D eigenvalue weighted by Gasteiger charge is 2.22. The largest absolute Gasteiger partial charge is 0.399 e. The highest BCUT2D eigenvalue weighted by Crippen LogP contribution is 2.14. The lowest BCUT2D eigenvalue weighted by atomic mass is 10.1. The van der Waals surface area contributed by atoms with Crippen LogP contribution < -0.4 is 5.73 Å². The molecule has 1 amide bonds. The molecule has 114 valence electrons. The van der Waals surface area contributed by atoms with Crippen molar-refractivity contribution in [1.29, 1.82) is 0 Å². The second-order valence-corrected chi connectivity index (χ2v) is 5.42. The fraction of sp³-hybridized carbons (Fsp3) is 0.471. The van der Waals surface area contributed by atoms with Crippen molar-refractivity contribution in [3.8, 4) is 0 Å². The highest BCUT2D eigenvalue weighted by atomic mass is 16.5. The monoisotopic (exact) mass is 288 g/mol. The Labute approximate surface area is 126 Å². The maximum atomic E-state index is 12.2. The number of carbonyl (C=O) groups excluding carboxylic acids is 1. The second-order valence-electron chi connectivity index (χ2n) is 5.42. The number of hydrogen-bond donors (Lipinski definition) is 1. The fourth-order valence-electron chi connectivity index (χ4n) is 2.44. The van der Waals surface area contributed by atoms with Gasteiger partial charge in [0.1, 0.15) is 0 Å². The number of piperidine rings is 1. The minimum absolute atomic E-state index is 0.0524. The molecule has 1 heterocycles. The van der Waals surface area contributed by atoms with Gasteiger partial charge >= 0.3 is 0 Å². The number of nitrogens with zero attached hydrogens (tertiary/aromatic N) is 1. The molecule has 4 heteroatoms. The number of carbonyl (C=O) groups is 1. The summed E-state index contributed by atoms with van der Waals surface area (Å²) in [6.07, 6.45) is 6.72. The molecule has 1 aliphatic rings. The molecule has 1 fully saturated rings. The Hall–Kier alpha value is -1.81. The number of amides is 1. The highest BCUT2D eigenvalue weighted by molar-refractivity contribution is 5.91. The number of likely N-dealkylation sites (tertiary alicyclic amines) is 1. The summed E-state index contributed by atoms with van der Waals surface area (Å²) in [5.41, 5.74) is 7.35. The predicted molar refractivity (Wildman–Crippen MR) is 85.7 cm³/mol. The van der Waals surface area contributed by atoms with Crippen LogP contribution in [0, 0.1) is 0 Å². The summed E-state index contributed by atoms with van der Waals surface area (Å²) in [5.74, 6) is 0.0524. The molecule has 1 unspecified atom stereocenters. The van der Waals surface area contributed by atoms with Crippen LogP contribution in [-0.2, 0) is 9.53 Å². The molecule has 2 N–H and O–H groups in total. The summed E-state index contributed by atoms with van der Waals surface area (Å²) in [6.45, 7) is 4.39. The molecule has 1 aromatic carbocycles. The van der Waals surface area contributed by atoms with Crippen molar-refractivity contribution in [2.75, 3.05) is 25.4 Å². The molecule has 0 saturated carbocycles. The number of ether oxygens (including phenoxy) is 1. The molecule has 0 radical (unpaired) electrons. The van der Waals surface area contributed by atoms with Gasteiger partial charge in [-0.3, -0.25) is 4.79 Å². The van der Waals surface area contributed by atoms with Gasteiger partial charge in [-0.2, -0.15) is 0 Å². The predicted octanol–water partition coefficient (Wildman–Crippen LogP) is 2.70. The molecular formula is C17H24N2O2. The minimum Gasteiger partial charge on any atom is -0.399 e. The number of benzene rings is 1. The van der Waals surface area contributed by atoms with Gasteiger partial charge in [0.25, 0.3) is 0 Å². The van der Waals surface area contributed by atoms with Crippen molar-refractivity contribution in [1.82, 2.24) is 4.90 Å². The fourth-order valence-corrected chi connectivity index (χ4v) is 2.44. The molecule has 1 aliphatic heterocycles. The van der Waals surface area contributed by atoms with E-state index in [2.05, 4.69) is 6.92 Å². The molecule has 1 saturated heterocycles. The normalized spacial score (nSPS) is 19.1. The molecule has 1 aromatic rings. The van der Waals surface area contributed by atoms with E-state index in [1.165, 1.54) is 0 Å². The summed E-state index contributed by atoms with van der Waals surface area (Å²) in [5, 5.41) is 0. The molecule has 0 spiro atoms. The zero-order valence-corrected chi connectivity index (χ0v) is 12.6. The molecule has 0 bridgehead atoms. The van der Waals surface area contributed by atoms with Crippen LogP contribution in [0.2, 0.25) is 0 Å². The summed E-state index contributed by atoms with van der Waals surface area (Å²) in [7, 11) is 0.